The number of carboxylic acid groups (broad SMARTS) is 1. The van der Waals surface area contributed by atoms with E-state index in [1.807, 2.05) is 0 Å². The molecular formula is C40H43NO19. The number of carbonyl (C=O) groups excluding carboxylic acids is 2. The van der Waals surface area contributed by atoms with E-state index in [2.05, 4.69) is 0 Å². The molecule has 20 nitrogen and oxygen atoms in total. The average Bonchev–Trinajstić information content (AvgIpc) is 3.60. The quantitative estimate of drug-likeness (QED) is 0.0739. The number of nitrogens with zero attached hydrogens (tertiary/aromatic N) is 1. The van der Waals surface area contributed by atoms with Gasteiger partial charge in [0.2, 0.25) is 6.29 Å². The summed E-state index contributed by atoms with van der Waals surface area (Å²) < 4.78 is 32.7. The summed E-state index contributed by atoms with van der Waals surface area (Å²) >= 11 is 0. The fraction of sp³-hybridized carbons (Fsp3) is 0.375. The molecule has 3 heterocycles. The average molecular weight is 842 g/mol. The van der Waals surface area contributed by atoms with E-state index in [-0.39, 0.29) is 34.9 Å². The van der Waals surface area contributed by atoms with Gasteiger partial charge >= 0.3 is 11.9 Å². The second-order valence-electron chi connectivity index (χ2n) is 14.0. The number of hydrogen-bond acceptors (Lipinski definition) is 18. The minimum Gasteiger partial charge on any atom is -0.508 e. The highest BCUT2D eigenvalue weighted by molar-refractivity contribution is 6.09. The molecule has 60 heavy (non-hydrogen) atoms. The third kappa shape index (κ3) is 9.63. The van der Waals surface area contributed by atoms with Crippen LogP contribution in [0.4, 0.5) is 5.69 Å². The molecule has 0 unspecified atom stereocenters. The van der Waals surface area contributed by atoms with E-state index in [1.54, 1.807) is 0 Å². The first-order chi connectivity index (χ1) is 28.6. The third-order valence-corrected chi connectivity index (χ3v) is 9.99. The largest absolute Gasteiger partial charge is 0.508 e. The molecule has 3 aliphatic heterocycles. The number of amides is 1. The van der Waals surface area contributed by atoms with Gasteiger partial charge in [0.05, 0.1) is 19.4 Å². The third-order valence-electron chi connectivity index (χ3n) is 9.99. The Balaban J connectivity index is 1.10. The molecule has 0 radical (unpaired) electrons. The lowest BCUT2D eigenvalue weighted by atomic mass is 9.98. The number of phenols is 3. The molecule has 0 aliphatic carbocycles. The molecule has 3 aromatic rings. The van der Waals surface area contributed by atoms with E-state index in [9.17, 15) is 65.4 Å². The highest BCUT2D eigenvalue weighted by Crippen LogP contribution is 2.42. The van der Waals surface area contributed by atoms with Crippen molar-refractivity contribution < 1.29 is 93.9 Å². The number of aliphatic carboxylic acids is 1. The summed E-state index contributed by atoms with van der Waals surface area (Å²) in [6, 6.07) is 11.1. The molecule has 6 rings (SSSR count). The van der Waals surface area contributed by atoms with Crippen molar-refractivity contribution in [2.24, 2.45) is 0 Å². The molecule has 322 valence electrons. The van der Waals surface area contributed by atoms with Gasteiger partial charge in [-0.1, -0.05) is 18.2 Å². The van der Waals surface area contributed by atoms with Crippen molar-refractivity contribution >= 4 is 35.7 Å². The van der Waals surface area contributed by atoms with Crippen molar-refractivity contribution in [1.29, 1.82) is 0 Å². The van der Waals surface area contributed by atoms with Crippen LogP contribution in [-0.4, -0.2) is 157 Å². The van der Waals surface area contributed by atoms with E-state index < -0.39 is 110 Å². The number of anilines is 1. The van der Waals surface area contributed by atoms with E-state index in [1.165, 1.54) is 61.7 Å². The van der Waals surface area contributed by atoms with Crippen molar-refractivity contribution in [3.8, 4) is 28.7 Å². The Kier molecular flexibility index (Phi) is 13.6. The first-order valence-electron chi connectivity index (χ1n) is 18.3. The van der Waals surface area contributed by atoms with Crippen molar-refractivity contribution in [3.63, 3.8) is 0 Å². The monoisotopic (exact) mass is 841 g/mol. The van der Waals surface area contributed by atoms with Gasteiger partial charge < -0.3 is 79.5 Å². The van der Waals surface area contributed by atoms with Gasteiger partial charge in [-0.05, 0) is 59.2 Å². The number of aliphatic hydroxyl groups excluding tert-OH is 6. The molecule has 11 atom stereocenters. The van der Waals surface area contributed by atoms with Crippen LogP contribution in [0.5, 0.6) is 28.7 Å². The Bertz CT molecular complexity index is 2090. The zero-order valence-corrected chi connectivity index (χ0v) is 31.6. The summed E-state index contributed by atoms with van der Waals surface area (Å²) in [5.74, 6) is -3.88. The van der Waals surface area contributed by atoms with Crippen molar-refractivity contribution in [3.05, 3.63) is 83.4 Å². The maximum absolute atomic E-state index is 13.4. The predicted molar refractivity (Wildman–Crippen MR) is 202 cm³/mol. The summed E-state index contributed by atoms with van der Waals surface area (Å²) in [5, 5.41) is 104. The Morgan fingerprint density at radius 3 is 2.00 bits per heavy atom. The van der Waals surface area contributed by atoms with Gasteiger partial charge in [-0.25, -0.2) is 9.59 Å². The topological polar surface area (TPSA) is 312 Å². The summed E-state index contributed by atoms with van der Waals surface area (Å²) in [5.41, 5.74) is 1.32. The number of fused-ring (bicyclic) bond motifs is 1. The SMILES string of the molecule is COc1cc(/C=C/C(=O)OC[C@H]2O[C@@H](OC[C@H]3O[C@@H](Oc4cc5c(cc4O)C[C@@H](C(=O)O)N5C(=O)/C=C/c4ccc(O)cc4)[C@H](O)[C@@H](O)[C@@H]3O)[C@H](O)[C@@H](O)[C@@H]2O)ccc1O. The first-order valence-corrected chi connectivity index (χ1v) is 18.3. The number of esters is 1. The van der Waals surface area contributed by atoms with Gasteiger partial charge in [0.25, 0.3) is 5.91 Å². The van der Waals surface area contributed by atoms with Crippen molar-refractivity contribution in [2.75, 3.05) is 25.2 Å². The number of carbonyl (C=O) groups is 3. The highest BCUT2D eigenvalue weighted by Gasteiger charge is 2.49. The molecule has 2 saturated heterocycles. The minimum atomic E-state index is -1.95. The lowest BCUT2D eigenvalue weighted by Gasteiger charge is -2.42. The van der Waals surface area contributed by atoms with Crippen molar-refractivity contribution in [2.45, 2.75) is 73.9 Å². The van der Waals surface area contributed by atoms with Crippen LogP contribution >= 0.6 is 0 Å². The van der Waals surface area contributed by atoms with Crippen LogP contribution in [-0.2, 0) is 39.8 Å². The van der Waals surface area contributed by atoms with Gasteiger partial charge in [0, 0.05) is 24.6 Å². The number of ether oxygens (including phenoxy) is 6. The zero-order chi connectivity index (χ0) is 43.4. The smallest absolute Gasteiger partial charge is 0.330 e. The molecule has 0 bridgehead atoms. The van der Waals surface area contributed by atoms with Gasteiger partial charge in [-0.15, -0.1) is 0 Å². The van der Waals surface area contributed by atoms with Gasteiger partial charge in [0.1, 0.15) is 67.2 Å². The number of methoxy groups -OCH3 is 1. The van der Waals surface area contributed by atoms with Gasteiger partial charge in [0.15, 0.2) is 29.3 Å². The summed E-state index contributed by atoms with van der Waals surface area (Å²) in [7, 11) is 1.35. The molecule has 20 heteroatoms. The number of aromatic hydroxyl groups is 3. The second kappa shape index (κ2) is 18.6. The molecule has 1 amide bonds. The molecule has 0 aromatic heterocycles. The summed E-state index contributed by atoms with van der Waals surface area (Å²) in [6.07, 6.45) is -13.0. The molecule has 10 N–H and O–H groups in total. The van der Waals surface area contributed by atoms with E-state index in [0.717, 1.165) is 29.2 Å². The molecule has 2 fully saturated rings. The van der Waals surface area contributed by atoms with E-state index in [4.69, 9.17) is 28.4 Å². The lowest BCUT2D eigenvalue weighted by molar-refractivity contribution is -0.323. The normalized spacial score (nSPS) is 29.1. The molecule has 0 spiro atoms. The van der Waals surface area contributed by atoms with Crippen LogP contribution in [0, 0.1) is 0 Å². The Labute approximate surface area is 340 Å². The second-order valence-corrected chi connectivity index (χ2v) is 14.0. The van der Waals surface area contributed by atoms with Crippen LogP contribution in [0.15, 0.2) is 66.7 Å². The number of hydrogen-bond donors (Lipinski definition) is 10. The fourth-order valence-corrected chi connectivity index (χ4v) is 6.69. The summed E-state index contributed by atoms with van der Waals surface area (Å²) in [4.78, 5) is 38.9. The van der Waals surface area contributed by atoms with Gasteiger partial charge in [-0.2, -0.15) is 0 Å². The van der Waals surface area contributed by atoms with Crippen LogP contribution in [0.1, 0.15) is 16.7 Å². The maximum atomic E-state index is 13.4. The highest BCUT2D eigenvalue weighted by atomic mass is 16.7. The predicted octanol–water partition coefficient (Wildman–Crippen LogP) is -0.865. The molecule has 3 aliphatic rings. The number of benzene rings is 3. The maximum Gasteiger partial charge on any atom is 0.330 e. The Morgan fingerprint density at radius 1 is 0.717 bits per heavy atom. The first kappa shape index (κ1) is 43.8. The Morgan fingerprint density at radius 2 is 1.33 bits per heavy atom. The van der Waals surface area contributed by atoms with Crippen LogP contribution in [0.25, 0.3) is 12.2 Å². The molecule has 3 aromatic carbocycles. The van der Waals surface area contributed by atoms with Gasteiger partial charge in [-0.3, -0.25) is 9.69 Å². The van der Waals surface area contributed by atoms with E-state index in [0.29, 0.717) is 11.1 Å². The Hall–Kier alpha value is -5.81. The molecule has 0 saturated carbocycles. The van der Waals surface area contributed by atoms with Crippen LogP contribution < -0.4 is 14.4 Å². The minimum absolute atomic E-state index is 0.00180. The van der Waals surface area contributed by atoms with Crippen molar-refractivity contribution in [1.82, 2.24) is 0 Å². The zero-order valence-electron chi connectivity index (χ0n) is 31.6. The number of carboxylic acids is 1. The summed E-state index contributed by atoms with van der Waals surface area (Å²) in [6.45, 7) is -1.32. The number of aliphatic hydroxyl groups is 6. The number of phenolic OH excluding ortho intramolecular Hbond substituents is 3. The van der Waals surface area contributed by atoms with Crippen LogP contribution in [0.3, 0.4) is 0 Å². The van der Waals surface area contributed by atoms with E-state index >= 15 is 0 Å². The van der Waals surface area contributed by atoms with Crippen LogP contribution in [0.2, 0.25) is 0 Å². The lowest BCUT2D eigenvalue weighted by Crippen LogP contribution is -2.62. The fourth-order valence-electron chi connectivity index (χ4n) is 6.69. The molecular weight excluding hydrogens is 798 g/mol. The number of rotatable bonds is 13. The standard InChI is InChI=1S/C40H43NO19/c1-55-26-12-19(4-9-24(26)43)6-11-31(46)56-16-28-32(47)34(49)36(51)39(59-28)57-17-29-33(48)35(50)37(52)40(60-29)58-27-15-22-20(14-25(27)44)13-23(38(53)54)41(22)30(45)10-5-18-2-7-21(42)8-3-18/h2-12,14-15,23,28-29,32-37,39-40,42-44,47-52H,13,16-17H2,1H3,(H,53,54)/b10-5+,11-6+/t23-,28+,29+,32+,33+,34-,35-,36+,37+,39+,40+/m0/s1.